The number of nitrogens with zero attached hydrogens (tertiary/aromatic N) is 1. The van der Waals surface area contributed by atoms with Gasteiger partial charge in [-0.3, -0.25) is 4.79 Å². The zero-order valence-electron chi connectivity index (χ0n) is 8.20. The summed E-state index contributed by atoms with van der Waals surface area (Å²) in [5, 5.41) is 2.95. The predicted molar refractivity (Wildman–Crippen MR) is 64.1 cm³/mol. The zero-order chi connectivity index (χ0) is 10.4. The Kier molecular flexibility index (Phi) is 5.19. The van der Waals surface area contributed by atoms with Crippen molar-refractivity contribution in [2.24, 2.45) is 0 Å². The summed E-state index contributed by atoms with van der Waals surface area (Å²) in [5.41, 5.74) is 0. The lowest BCUT2D eigenvalue weighted by Crippen LogP contribution is -2.29. The van der Waals surface area contributed by atoms with E-state index >= 15 is 0 Å². The highest BCUT2D eigenvalue weighted by Gasteiger charge is 2.09. The lowest BCUT2D eigenvalue weighted by Gasteiger charge is -2.15. The molecule has 0 atom stereocenters. The third-order valence-corrected chi connectivity index (χ3v) is 3.40. The van der Waals surface area contributed by atoms with E-state index in [2.05, 4.69) is 15.9 Å². The average molecular weight is 276 g/mol. The van der Waals surface area contributed by atoms with Crippen molar-refractivity contribution in [2.45, 2.75) is 12.8 Å². The van der Waals surface area contributed by atoms with Crippen LogP contribution in [0.1, 0.15) is 11.3 Å². The lowest BCUT2D eigenvalue weighted by atomic mass is 10.3. The summed E-state index contributed by atoms with van der Waals surface area (Å²) in [5.74, 6) is 0.202. The van der Waals surface area contributed by atoms with E-state index in [-0.39, 0.29) is 5.91 Å². The van der Waals surface area contributed by atoms with Gasteiger partial charge in [-0.15, -0.1) is 11.3 Å². The highest BCUT2D eigenvalue weighted by atomic mass is 79.9. The van der Waals surface area contributed by atoms with E-state index in [9.17, 15) is 4.79 Å². The lowest BCUT2D eigenvalue weighted by molar-refractivity contribution is -0.129. The molecular formula is C10H14BrNOS. The number of halogens is 1. The van der Waals surface area contributed by atoms with Crippen LogP contribution in [0.3, 0.4) is 0 Å². The molecule has 14 heavy (non-hydrogen) atoms. The maximum atomic E-state index is 11.6. The molecule has 4 heteroatoms. The van der Waals surface area contributed by atoms with Crippen molar-refractivity contribution < 1.29 is 4.79 Å². The van der Waals surface area contributed by atoms with Gasteiger partial charge in [-0.25, -0.2) is 0 Å². The van der Waals surface area contributed by atoms with Crippen molar-refractivity contribution >= 4 is 33.2 Å². The van der Waals surface area contributed by atoms with Gasteiger partial charge < -0.3 is 4.90 Å². The maximum absolute atomic E-state index is 11.6. The largest absolute Gasteiger partial charge is 0.345 e. The maximum Gasteiger partial charge on any atom is 0.227 e. The molecule has 0 unspecified atom stereocenters. The fourth-order valence-corrected chi connectivity index (χ4v) is 2.07. The minimum absolute atomic E-state index is 0.202. The summed E-state index contributed by atoms with van der Waals surface area (Å²) < 4.78 is 0. The van der Waals surface area contributed by atoms with Gasteiger partial charge in [-0.1, -0.05) is 22.0 Å². The standard InChI is InChI=1S/C10H14BrNOS/c1-12(6-3-5-11)10(13)8-9-4-2-7-14-9/h2,4,7H,3,5-6,8H2,1H3. The molecule has 1 heterocycles. The van der Waals surface area contributed by atoms with Crippen LogP contribution in [-0.2, 0) is 11.2 Å². The van der Waals surface area contributed by atoms with Crippen LogP contribution in [0.25, 0.3) is 0 Å². The summed E-state index contributed by atoms with van der Waals surface area (Å²) >= 11 is 4.99. The van der Waals surface area contributed by atoms with Crippen molar-refractivity contribution in [2.75, 3.05) is 18.9 Å². The molecule has 0 bridgehead atoms. The molecule has 0 fully saturated rings. The third-order valence-electron chi connectivity index (χ3n) is 1.96. The van der Waals surface area contributed by atoms with Crippen LogP contribution in [0.15, 0.2) is 17.5 Å². The number of thiophene rings is 1. The normalized spacial score (nSPS) is 10.1. The summed E-state index contributed by atoms with van der Waals surface area (Å²) in [6.45, 7) is 0.829. The molecule has 0 saturated carbocycles. The van der Waals surface area contributed by atoms with Crippen LogP contribution >= 0.6 is 27.3 Å². The molecule has 1 amide bonds. The van der Waals surface area contributed by atoms with Gasteiger partial charge in [0.25, 0.3) is 0 Å². The first kappa shape index (κ1) is 11.7. The molecule has 0 radical (unpaired) electrons. The van der Waals surface area contributed by atoms with Crippen LogP contribution in [-0.4, -0.2) is 29.7 Å². The molecule has 0 aliphatic heterocycles. The number of amides is 1. The second-order valence-electron chi connectivity index (χ2n) is 3.11. The molecule has 1 aromatic rings. The molecule has 0 aliphatic rings. The van der Waals surface area contributed by atoms with Crippen LogP contribution in [0.4, 0.5) is 0 Å². The van der Waals surface area contributed by atoms with Crippen molar-refractivity contribution in [1.29, 1.82) is 0 Å². The van der Waals surface area contributed by atoms with E-state index in [0.29, 0.717) is 6.42 Å². The molecular weight excluding hydrogens is 262 g/mol. The topological polar surface area (TPSA) is 20.3 Å². The van der Waals surface area contributed by atoms with Gasteiger partial charge >= 0.3 is 0 Å². The second-order valence-corrected chi connectivity index (χ2v) is 4.94. The Morgan fingerprint density at radius 1 is 1.64 bits per heavy atom. The van der Waals surface area contributed by atoms with E-state index in [4.69, 9.17) is 0 Å². The zero-order valence-corrected chi connectivity index (χ0v) is 10.6. The molecule has 0 N–H and O–H groups in total. The molecule has 1 rings (SSSR count). The third kappa shape index (κ3) is 3.80. The number of rotatable bonds is 5. The van der Waals surface area contributed by atoms with Crippen molar-refractivity contribution in [3.8, 4) is 0 Å². The van der Waals surface area contributed by atoms with Gasteiger partial charge in [0, 0.05) is 23.8 Å². The predicted octanol–water partition coefficient (Wildman–Crippen LogP) is 2.53. The Bertz CT molecular complexity index is 274. The number of alkyl halides is 1. The molecule has 0 spiro atoms. The highest BCUT2D eigenvalue weighted by Crippen LogP contribution is 2.10. The van der Waals surface area contributed by atoms with Crippen molar-refractivity contribution in [1.82, 2.24) is 4.90 Å². The van der Waals surface area contributed by atoms with Gasteiger partial charge in [-0.05, 0) is 17.9 Å². The first-order valence-corrected chi connectivity index (χ1v) is 6.56. The van der Waals surface area contributed by atoms with Crippen LogP contribution in [0.2, 0.25) is 0 Å². The Hall–Kier alpha value is -0.350. The first-order chi connectivity index (χ1) is 6.74. The monoisotopic (exact) mass is 275 g/mol. The van der Waals surface area contributed by atoms with Crippen LogP contribution in [0.5, 0.6) is 0 Å². The summed E-state index contributed by atoms with van der Waals surface area (Å²) in [6.07, 6.45) is 1.54. The number of carbonyl (C=O) groups excluding carboxylic acids is 1. The highest BCUT2D eigenvalue weighted by molar-refractivity contribution is 9.09. The van der Waals surface area contributed by atoms with E-state index in [1.54, 1.807) is 16.2 Å². The summed E-state index contributed by atoms with van der Waals surface area (Å²) in [4.78, 5) is 14.6. The summed E-state index contributed by atoms with van der Waals surface area (Å²) in [6, 6.07) is 3.98. The van der Waals surface area contributed by atoms with Crippen molar-refractivity contribution in [3.05, 3.63) is 22.4 Å². The quantitative estimate of drug-likeness (QED) is 0.757. The summed E-state index contributed by atoms with van der Waals surface area (Å²) in [7, 11) is 1.86. The van der Waals surface area contributed by atoms with Gasteiger partial charge in [0.05, 0.1) is 6.42 Å². The smallest absolute Gasteiger partial charge is 0.227 e. The van der Waals surface area contributed by atoms with Gasteiger partial charge in [0.15, 0.2) is 0 Å². The fourth-order valence-electron chi connectivity index (χ4n) is 1.12. The van der Waals surface area contributed by atoms with Crippen LogP contribution < -0.4 is 0 Å². The second kappa shape index (κ2) is 6.19. The number of hydrogen-bond donors (Lipinski definition) is 0. The Morgan fingerprint density at radius 3 is 3.00 bits per heavy atom. The minimum atomic E-state index is 0.202. The van der Waals surface area contributed by atoms with E-state index in [0.717, 1.165) is 23.2 Å². The first-order valence-electron chi connectivity index (χ1n) is 4.56. The number of hydrogen-bond acceptors (Lipinski definition) is 2. The SMILES string of the molecule is CN(CCCBr)C(=O)Cc1cccs1. The number of carbonyl (C=O) groups is 1. The molecule has 2 nitrogen and oxygen atoms in total. The Labute approximate surface area is 97.1 Å². The fraction of sp³-hybridized carbons (Fsp3) is 0.500. The van der Waals surface area contributed by atoms with E-state index in [1.165, 1.54) is 0 Å². The Morgan fingerprint density at radius 2 is 2.43 bits per heavy atom. The Balaban J connectivity index is 2.34. The van der Waals surface area contributed by atoms with Crippen LogP contribution in [0, 0.1) is 0 Å². The number of likely N-dealkylation sites (N-methyl/N-ethyl adjacent to an activating group) is 1. The van der Waals surface area contributed by atoms with E-state index < -0.39 is 0 Å². The minimum Gasteiger partial charge on any atom is -0.345 e. The molecule has 1 aromatic heterocycles. The average Bonchev–Trinajstić information content (AvgIpc) is 2.66. The van der Waals surface area contributed by atoms with Gasteiger partial charge in [0.2, 0.25) is 5.91 Å². The molecule has 0 aliphatic carbocycles. The van der Waals surface area contributed by atoms with Gasteiger partial charge in [0.1, 0.15) is 0 Å². The molecule has 0 saturated heterocycles. The van der Waals surface area contributed by atoms with Gasteiger partial charge in [-0.2, -0.15) is 0 Å². The molecule has 78 valence electrons. The van der Waals surface area contributed by atoms with Crippen molar-refractivity contribution in [3.63, 3.8) is 0 Å². The molecule has 0 aromatic carbocycles. The van der Waals surface area contributed by atoms with E-state index in [1.807, 2.05) is 24.6 Å².